The summed E-state index contributed by atoms with van der Waals surface area (Å²) in [6.07, 6.45) is 12.3. The molecule has 5 aliphatic rings. The topological polar surface area (TPSA) is 62.1 Å². The summed E-state index contributed by atoms with van der Waals surface area (Å²) in [5.41, 5.74) is 4.33. The number of nitrogens with zero attached hydrogens (tertiary/aromatic N) is 2. The fraction of sp³-hybridized carbons (Fsp3) is 0.677. The maximum atomic E-state index is 12.7. The molecule has 5 nitrogen and oxygen atoms in total. The highest BCUT2D eigenvalue weighted by Crippen LogP contribution is 2.66. The predicted octanol–water partition coefficient (Wildman–Crippen LogP) is 6.28. The molecule has 36 heavy (non-hydrogen) atoms. The van der Waals surface area contributed by atoms with Crippen molar-refractivity contribution in [1.82, 2.24) is 5.01 Å². The number of aliphatic hydroxyl groups is 1. The Hall–Kier alpha value is -2.14. The molecule has 0 aromatic heterocycles. The third kappa shape index (κ3) is 3.52. The summed E-state index contributed by atoms with van der Waals surface area (Å²) in [6.45, 7) is 6.67. The molecule has 3 fully saturated rings. The lowest BCUT2D eigenvalue weighted by Gasteiger charge is -2.58. The third-order valence-electron chi connectivity index (χ3n) is 11.2. The van der Waals surface area contributed by atoms with Crippen LogP contribution in [0.5, 0.6) is 5.75 Å². The van der Waals surface area contributed by atoms with Gasteiger partial charge in [-0.2, -0.15) is 5.10 Å². The molecule has 1 aromatic rings. The number of aliphatic hydroxyl groups excluding tert-OH is 1. The SMILES string of the molecule is COc1ccccc1C1CC([C@H]2CC[C@H]3[C@@H]4CC=C5C[C@@H](O)CC[C@]5(C)[C@H]4CC[C@]23C)=NN1C(C)=O. The van der Waals surface area contributed by atoms with Crippen LogP contribution in [0, 0.1) is 34.5 Å². The monoisotopic (exact) mass is 490 g/mol. The molecule has 6 rings (SSSR count). The molecule has 0 radical (unpaired) electrons. The van der Waals surface area contributed by atoms with Crippen molar-refractivity contribution in [1.29, 1.82) is 0 Å². The summed E-state index contributed by atoms with van der Waals surface area (Å²) in [6, 6.07) is 7.99. The number of rotatable bonds is 3. The van der Waals surface area contributed by atoms with Crippen LogP contribution >= 0.6 is 0 Å². The predicted molar refractivity (Wildman–Crippen MR) is 142 cm³/mol. The van der Waals surface area contributed by atoms with Crippen LogP contribution < -0.4 is 4.74 Å². The number of methoxy groups -OCH3 is 1. The molecule has 1 aromatic carbocycles. The third-order valence-corrected chi connectivity index (χ3v) is 11.2. The molecule has 4 aliphatic carbocycles. The van der Waals surface area contributed by atoms with Crippen molar-refractivity contribution < 1.29 is 14.6 Å². The quantitative estimate of drug-likeness (QED) is 0.507. The van der Waals surface area contributed by atoms with E-state index in [2.05, 4.69) is 26.0 Å². The maximum Gasteiger partial charge on any atom is 0.240 e. The number of fused-ring (bicyclic) bond motifs is 5. The van der Waals surface area contributed by atoms with Gasteiger partial charge in [0.05, 0.1) is 19.3 Å². The molecule has 3 saturated carbocycles. The molecule has 8 atom stereocenters. The van der Waals surface area contributed by atoms with Crippen LogP contribution in [-0.4, -0.2) is 34.9 Å². The van der Waals surface area contributed by atoms with Crippen molar-refractivity contribution >= 4 is 11.6 Å². The summed E-state index contributed by atoms with van der Waals surface area (Å²) in [5, 5.41) is 17.1. The Kier molecular flexibility index (Phi) is 5.86. The minimum Gasteiger partial charge on any atom is -0.496 e. The van der Waals surface area contributed by atoms with E-state index >= 15 is 0 Å². The molecule has 0 saturated heterocycles. The van der Waals surface area contributed by atoms with Crippen LogP contribution in [0.15, 0.2) is 41.0 Å². The number of allylic oxidation sites excluding steroid dienone is 1. The van der Waals surface area contributed by atoms with E-state index in [0.717, 1.165) is 48.8 Å². The standard InChI is InChI=1S/C31H42N2O3/c1-19(34)33-28(23-7-5-6-8-29(23)36-4)18-27(32-33)26-12-11-24-22-10-9-20-17-21(35)13-15-30(20,2)25(22)14-16-31(24,26)3/h5-9,21-22,24-26,28,35H,10-18H2,1-4H3/t21-,22-,24-,25-,26+,28?,30-,31-/m0/s1. The second kappa shape index (κ2) is 8.72. The summed E-state index contributed by atoms with van der Waals surface area (Å²) in [7, 11) is 1.70. The minimum atomic E-state index is -0.147. The lowest BCUT2D eigenvalue weighted by molar-refractivity contribution is -0.130. The zero-order valence-electron chi connectivity index (χ0n) is 22.4. The highest BCUT2D eigenvalue weighted by Gasteiger charge is 2.60. The fourth-order valence-corrected chi connectivity index (χ4v) is 9.41. The second-order valence-electron chi connectivity index (χ2n) is 12.7. The summed E-state index contributed by atoms with van der Waals surface area (Å²) >= 11 is 0. The number of carbonyl (C=O) groups excluding carboxylic acids is 1. The van der Waals surface area contributed by atoms with Crippen molar-refractivity contribution in [3.8, 4) is 5.75 Å². The van der Waals surface area contributed by atoms with E-state index in [9.17, 15) is 9.90 Å². The van der Waals surface area contributed by atoms with E-state index in [1.54, 1.807) is 19.0 Å². The summed E-state index contributed by atoms with van der Waals surface area (Å²) in [4.78, 5) is 12.7. The molecule has 0 bridgehead atoms. The minimum absolute atomic E-state index is 0.00155. The highest BCUT2D eigenvalue weighted by molar-refractivity contribution is 5.92. The van der Waals surface area contributed by atoms with Crippen molar-refractivity contribution in [3.63, 3.8) is 0 Å². The van der Waals surface area contributed by atoms with Crippen LogP contribution in [-0.2, 0) is 4.79 Å². The van der Waals surface area contributed by atoms with Crippen LogP contribution in [0.3, 0.4) is 0 Å². The molecule has 1 heterocycles. The van der Waals surface area contributed by atoms with E-state index in [0.29, 0.717) is 11.8 Å². The van der Waals surface area contributed by atoms with Gasteiger partial charge in [0.25, 0.3) is 0 Å². The van der Waals surface area contributed by atoms with Gasteiger partial charge in [0.15, 0.2) is 0 Å². The Labute approximate surface area is 216 Å². The first kappa shape index (κ1) is 24.2. The van der Waals surface area contributed by atoms with Crippen LogP contribution in [0.2, 0.25) is 0 Å². The number of ether oxygens (including phenoxy) is 1. The molecule has 5 heteroatoms. The Bertz CT molecular complexity index is 1110. The maximum absolute atomic E-state index is 12.7. The number of para-hydroxylation sites is 1. The zero-order valence-corrected chi connectivity index (χ0v) is 22.4. The number of amides is 1. The largest absolute Gasteiger partial charge is 0.496 e. The lowest BCUT2D eigenvalue weighted by Crippen LogP contribution is -2.51. The summed E-state index contributed by atoms with van der Waals surface area (Å²) in [5.74, 6) is 3.45. The average molecular weight is 491 g/mol. The summed E-state index contributed by atoms with van der Waals surface area (Å²) < 4.78 is 5.66. The van der Waals surface area contributed by atoms with Crippen molar-refractivity contribution in [2.24, 2.45) is 39.6 Å². The number of carbonyl (C=O) groups is 1. The van der Waals surface area contributed by atoms with E-state index in [1.165, 1.54) is 43.4 Å². The smallest absolute Gasteiger partial charge is 0.240 e. The normalized spacial score (nSPS) is 41.6. The van der Waals surface area contributed by atoms with Gasteiger partial charge in [-0.25, -0.2) is 5.01 Å². The molecule has 194 valence electrons. The van der Waals surface area contributed by atoms with Gasteiger partial charge in [0, 0.05) is 30.5 Å². The van der Waals surface area contributed by atoms with Crippen LogP contribution in [0.4, 0.5) is 0 Å². The molecule has 1 aliphatic heterocycles. The first-order valence-corrected chi connectivity index (χ1v) is 14.1. The number of hydrogen-bond acceptors (Lipinski definition) is 4. The second-order valence-corrected chi connectivity index (χ2v) is 12.7. The number of hydrazone groups is 1. The average Bonchev–Trinajstić information content (AvgIpc) is 3.45. The Morgan fingerprint density at radius 3 is 2.67 bits per heavy atom. The van der Waals surface area contributed by atoms with Crippen molar-refractivity contribution in [2.75, 3.05) is 7.11 Å². The van der Waals surface area contributed by atoms with Crippen molar-refractivity contribution in [2.45, 2.75) is 90.7 Å². The number of benzene rings is 1. The lowest BCUT2D eigenvalue weighted by atomic mass is 9.47. The van der Waals surface area contributed by atoms with Gasteiger partial charge in [-0.05, 0) is 86.0 Å². The zero-order chi connectivity index (χ0) is 25.2. The van der Waals surface area contributed by atoms with Crippen LogP contribution in [0.1, 0.15) is 90.2 Å². The molecular weight excluding hydrogens is 448 g/mol. The molecule has 1 amide bonds. The van der Waals surface area contributed by atoms with Gasteiger partial charge in [-0.1, -0.05) is 43.7 Å². The highest BCUT2D eigenvalue weighted by atomic mass is 16.5. The molecule has 0 spiro atoms. The Morgan fingerprint density at radius 1 is 1.08 bits per heavy atom. The first-order valence-electron chi connectivity index (χ1n) is 14.1. The van der Waals surface area contributed by atoms with Gasteiger partial charge in [-0.3, -0.25) is 4.79 Å². The van der Waals surface area contributed by atoms with Gasteiger partial charge < -0.3 is 9.84 Å². The van der Waals surface area contributed by atoms with Gasteiger partial charge in [-0.15, -0.1) is 0 Å². The van der Waals surface area contributed by atoms with Gasteiger partial charge >= 0.3 is 0 Å². The molecule has 1 unspecified atom stereocenters. The van der Waals surface area contributed by atoms with E-state index < -0.39 is 0 Å². The first-order chi connectivity index (χ1) is 17.3. The van der Waals surface area contributed by atoms with Crippen LogP contribution in [0.25, 0.3) is 0 Å². The fourth-order valence-electron chi connectivity index (χ4n) is 9.41. The van der Waals surface area contributed by atoms with E-state index in [4.69, 9.17) is 9.84 Å². The van der Waals surface area contributed by atoms with E-state index in [1.807, 2.05) is 18.2 Å². The number of hydrogen-bond donors (Lipinski definition) is 1. The Morgan fingerprint density at radius 2 is 1.89 bits per heavy atom. The van der Waals surface area contributed by atoms with Gasteiger partial charge in [0.1, 0.15) is 5.75 Å². The Balaban J connectivity index is 1.28. The van der Waals surface area contributed by atoms with E-state index in [-0.39, 0.29) is 28.9 Å². The molecule has 1 N–H and O–H groups in total. The van der Waals surface area contributed by atoms with Crippen molar-refractivity contribution in [3.05, 3.63) is 41.5 Å². The molecular formula is C31H42N2O3. The van der Waals surface area contributed by atoms with Gasteiger partial charge in [0.2, 0.25) is 5.91 Å².